The minimum atomic E-state index is -0.198. The minimum Gasteiger partial charge on any atom is -0.490 e. The van der Waals surface area contributed by atoms with Gasteiger partial charge in [-0.1, -0.05) is 12.1 Å². The summed E-state index contributed by atoms with van der Waals surface area (Å²) in [6.45, 7) is 4.11. The zero-order chi connectivity index (χ0) is 13.8. The number of benzene rings is 1. The molecular formula is C15H17NO3. The van der Waals surface area contributed by atoms with Crippen LogP contribution in [0.3, 0.4) is 0 Å². The van der Waals surface area contributed by atoms with Crippen molar-refractivity contribution < 1.29 is 13.9 Å². The summed E-state index contributed by atoms with van der Waals surface area (Å²) >= 11 is 0. The van der Waals surface area contributed by atoms with Gasteiger partial charge in [0, 0.05) is 0 Å². The molecule has 0 amide bonds. The fraction of sp³-hybridized carbons (Fsp3) is 0.267. The molecule has 0 aliphatic carbocycles. The van der Waals surface area contributed by atoms with Gasteiger partial charge in [-0.2, -0.15) is 0 Å². The Bertz CT molecular complexity index is 572. The van der Waals surface area contributed by atoms with Crippen molar-refractivity contribution in [2.24, 2.45) is 5.73 Å². The van der Waals surface area contributed by atoms with Gasteiger partial charge in [0.2, 0.25) is 5.78 Å². The largest absolute Gasteiger partial charge is 0.490 e. The lowest BCUT2D eigenvalue weighted by Crippen LogP contribution is -2.10. The standard InChI is InChI=1S/C15H17NO3/c1-10(2)18-13-6-4-3-5-12(13)15(17)14-8-7-11(9-16)19-14/h3-8,10H,9,16H2,1-2H3. The van der Waals surface area contributed by atoms with Crippen molar-refractivity contribution in [3.05, 3.63) is 53.5 Å². The first-order valence-electron chi connectivity index (χ1n) is 6.21. The highest BCUT2D eigenvalue weighted by atomic mass is 16.5. The van der Waals surface area contributed by atoms with E-state index < -0.39 is 0 Å². The first kappa shape index (κ1) is 13.4. The van der Waals surface area contributed by atoms with Gasteiger partial charge in [0.15, 0.2) is 5.76 Å². The number of ether oxygens (including phenoxy) is 1. The number of nitrogens with two attached hydrogens (primary N) is 1. The highest BCUT2D eigenvalue weighted by Crippen LogP contribution is 2.23. The summed E-state index contributed by atoms with van der Waals surface area (Å²) in [5, 5.41) is 0. The fourth-order valence-electron chi connectivity index (χ4n) is 1.75. The number of furan rings is 1. The van der Waals surface area contributed by atoms with Gasteiger partial charge in [0.05, 0.1) is 18.2 Å². The Morgan fingerprint density at radius 2 is 2.00 bits per heavy atom. The zero-order valence-electron chi connectivity index (χ0n) is 11.1. The third kappa shape index (κ3) is 3.03. The molecular weight excluding hydrogens is 242 g/mol. The molecule has 2 aromatic rings. The molecule has 0 radical (unpaired) electrons. The molecule has 2 rings (SSSR count). The molecule has 0 spiro atoms. The summed E-state index contributed by atoms with van der Waals surface area (Å²) < 4.78 is 11.0. The van der Waals surface area contributed by atoms with Crippen LogP contribution in [0.15, 0.2) is 40.8 Å². The molecule has 0 bridgehead atoms. The van der Waals surface area contributed by atoms with E-state index in [-0.39, 0.29) is 24.2 Å². The smallest absolute Gasteiger partial charge is 0.231 e. The van der Waals surface area contributed by atoms with E-state index in [1.807, 2.05) is 19.9 Å². The molecule has 0 aliphatic heterocycles. The third-order valence-electron chi connectivity index (χ3n) is 2.58. The maximum absolute atomic E-state index is 12.4. The van der Waals surface area contributed by atoms with Crippen molar-refractivity contribution in [2.45, 2.75) is 26.5 Å². The summed E-state index contributed by atoms with van der Waals surface area (Å²) in [5.74, 6) is 1.23. The van der Waals surface area contributed by atoms with Gasteiger partial charge in [0.25, 0.3) is 0 Å². The highest BCUT2D eigenvalue weighted by Gasteiger charge is 2.18. The molecule has 1 aromatic carbocycles. The lowest BCUT2D eigenvalue weighted by Gasteiger charge is -2.12. The Kier molecular flexibility index (Phi) is 4.02. The lowest BCUT2D eigenvalue weighted by atomic mass is 10.1. The number of carbonyl (C=O) groups is 1. The summed E-state index contributed by atoms with van der Waals surface area (Å²) in [5.41, 5.74) is 5.96. The average molecular weight is 259 g/mol. The molecule has 0 fully saturated rings. The second-order valence-corrected chi connectivity index (χ2v) is 4.46. The van der Waals surface area contributed by atoms with Gasteiger partial charge in [-0.05, 0) is 38.1 Å². The van der Waals surface area contributed by atoms with Crippen LogP contribution in [-0.2, 0) is 6.54 Å². The number of hydrogen-bond acceptors (Lipinski definition) is 4. The van der Waals surface area contributed by atoms with Crippen LogP contribution in [0.4, 0.5) is 0 Å². The number of ketones is 1. The summed E-state index contributed by atoms with van der Waals surface area (Å²) in [7, 11) is 0. The van der Waals surface area contributed by atoms with E-state index in [0.29, 0.717) is 17.1 Å². The highest BCUT2D eigenvalue weighted by molar-refractivity contribution is 6.09. The van der Waals surface area contributed by atoms with Gasteiger partial charge >= 0.3 is 0 Å². The molecule has 1 aromatic heterocycles. The van der Waals surface area contributed by atoms with Crippen LogP contribution in [0, 0.1) is 0 Å². The molecule has 4 nitrogen and oxygen atoms in total. The van der Waals surface area contributed by atoms with Crippen LogP contribution in [0.25, 0.3) is 0 Å². The Morgan fingerprint density at radius 1 is 1.26 bits per heavy atom. The lowest BCUT2D eigenvalue weighted by molar-refractivity contribution is 0.100. The number of para-hydroxylation sites is 1. The number of hydrogen-bond donors (Lipinski definition) is 1. The van der Waals surface area contributed by atoms with Crippen molar-refractivity contribution in [3.63, 3.8) is 0 Å². The Labute approximate surface area is 112 Å². The summed E-state index contributed by atoms with van der Waals surface area (Å²) in [6.07, 6.45) is 0.00477. The van der Waals surface area contributed by atoms with Crippen LogP contribution >= 0.6 is 0 Å². The Hall–Kier alpha value is -2.07. The summed E-state index contributed by atoms with van der Waals surface area (Å²) in [6, 6.07) is 10.5. The number of carbonyl (C=O) groups excluding carboxylic acids is 1. The maximum Gasteiger partial charge on any atom is 0.231 e. The van der Waals surface area contributed by atoms with Crippen LogP contribution in [0.1, 0.15) is 35.7 Å². The normalized spacial score (nSPS) is 10.7. The zero-order valence-corrected chi connectivity index (χ0v) is 11.1. The second kappa shape index (κ2) is 5.71. The second-order valence-electron chi connectivity index (χ2n) is 4.46. The molecule has 0 aliphatic rings. The molecule has 4 heteroatoms. The monoisotopic (exact) mass is 259 g/mol. The van der Waals surface area contributed by atoms with Crippen molar-refractivity contribution >= 4 is 5.78 Å². The van der Waals surface area contributed by atoms with Gasteiger partial charge in [-0.15, -0.1) is 0 Å². The van der Waals surface area contributed by atoms with Crippen LogP contribution in [0.5, 0.6) is 5.75 Å². The molecule has 0 saturated heterocycles. The summed E-state index contributed by atoms with van der Waals surface area (Å²) in [4.78, 5) is 12.4. The van der Waals surface area contributed by atoms with Crippen LogP contribution in [0.2, 0.25) is 0 Å². The molecule has 2 N–H and O–H groups in total. The molecule has 0 saturated carbocycles. The third-order valence-corrected chi connectivity index (χ3v) is 2.58. The van der Waals surface area contributed by atoms with Gasteiger partial charge < -0.3 is 14.9 Å². The van der Waals surface area contributed by atoms with Crippen molar-refractivity contribution in [3.8, 4) is 5.75 Å². The minimum absolute atomic E-state index is 0.00477. The van der Waals surface area contributed by atoms with Gasteiger partial charge in [0.1, 0.15) is 11.5 Å². The predicted molar refractivity (Wildman–Crippen MR) is 72.2 cm³/mol. The topological polar surface area (TPSA) is 65.5 Å². The van der Waals surface area contributed by atoms with Crippen LogP contribution in [-0.4, -0.2) is 11.9 Å². The van der Waals surface area contributed by atoms with E-state index in [1.165, 1.54) is 0 Å². The van der Waals surface area contributed by atoms with Crippen molar-refractivity contribution in [1.29, 1.82) is 0 Å². The van der Waals surface area contributed by atoms with E-state index in [9.17, 15) is 4.79 Å². The maximum atomic E-state index is 12.4. The fourth-order valence-corrected chi connectivity index (χ4v) is 1.75. The predicted octanol–water partition coefficient (Wildman–Crippen LogP) is 2.76. The van der Waals surface area contributed by atoms with Crippen LogP contribution < -0.4 is 10.5 Å². The molecule has 0 unspecified atom stereocenters. The van der Waals surface area contributed by atoms with E-state index in [2.05, 4.69) is 0 Å². The van der Waals surface area contributed by atoms with E-state index >= 15 is 0 Å². The van der Waals surface area contributed by atoms with Gasteiger partial charge in [-0.3, -0.25) is 4.79 Å². The van der Waals surface area contributed by atoms with Crippen molar-refractivity contribution in [2.75, 3.05) is 0 Å². The van der Waals surface area contributed by atoms with Crippen molar-refractivity contribution in [1.82, 2.24) is 0 Å². The average Bonchev–Trinajstić information content (AvgIpc) is 2.86. The Balaban J connectivity index is 2.32. The first-order chi connectivity index (χ1) is 9.11. The van der Waals surface area contributed by atoms with E-state index in [0.717, 1.165) is 0 Å². The molecule has 100 valence electrons. The first-order valence-corrected chi connectivity index (χ1v) is 6.21. The SMILES string of the molecule is CC(C)Oc1ccccc1C(=O)c1ccc(CN)o1. The molecule has 0 atom stereocenters. The number of rotatable bonds is 5. The van der Waals surface area contributed by atoms with Gasteiger partial charge in [-0.25, -0.2) is 0 Å². The Morgan fingerprint density at radius 3 is 2.63 bits per heavy atom. The van der Waals surface area contributed by atoms with E-state index in [4.69, 9.17) is 14.9 Å². The molecule has 1 heterocycles. The van der Waals surface area contributed by atoms with E-state index in [1.54, 1.807) is 30.3 Å². The quantitative estimate of drug-likeness (QED) is 0.838. The molecule has 19 heavy (non-hydrogen) atoms.